The van der Waals surface area contributed by atoms with Gasteiger partial charge in [0.1, 0.15) is 28.1 Å². The van der Waals surface area contributed by atoms with E-state index in [4.69, 9.17) is 25.2 Å². The molecular formula is C15H19BrN2O3. The second kappa shape index (κ2) is 7.12. The zero-order valence-electron chi connectivity index (χ0n) is 12.0. The number of nitriles is 1. The molecule has 1 aromatic carbocycles. The predicted molar refractivity (Wildman–Crippen MR) is 82.1 cm³/mol. The van der Waals surface area contributed by atoms with Crippen molar-refractivity contribution >= 4 is 15.9 Å². The van der Waals surface area contributed by atoms with Crippen LogP contribution in [0.5, 0.6) is 11.5 Å². The highest BCUT2D eigenvalue weighted by atomic mass is 79.9. The van der Waals surface area contributed by atoms with Crippen LogP contribution in [0, 0.1) is 11.3 Å². The van der Waals surface area contributed by atoms with Crippen LogP contribution in [0.2, 0.25) is 0 Å². The molecule has 0 aromatic heterocycles. The summed E-state index contributed by atoms with van der Waals surface area (Å²) in [5.41, 5.74) is 4.72. The van der Waals surface area contributed by atoms with Gasteiger partial charge in [0.25, 0.3) is 0 Å². The summed E-state index contributed by atoms with van der Waals surface area (Å²) in [7, 11) is 0. The Morgan fingerprint density at radius 2 is 2.24 bits per heavy atom. The summed E-state index contributed by atoms with van der Waals surface area (Å²) in [4.78, 5) is 0. The van der Waals surface area contributed by atoms with Gasteiger partial charge < -0.3 is 19.9 Å². The maximum atomic E-state index is 8.90. The lowest BCUT2D eigenvalue weighted by Gasteiger charge is -2.24. The molecule has 0 unspecified atom stereocenters. The normalized spacial score (nSPS) is 21.1. The van der Waals surface area contributed by atoms with Gasteiger partial charge in [-0.3, -0.25) is 0 Å². The first-order valence-corrected chi connectivity index (χ1v) is 7.71. The average molecular weight is 355 g/mol. The van der Waals surface area contributed by atoms with Gasteiger partial charge >= 0.3 is 0 Å². The largest absolute Gasteiger partial charge is 0.489 e. The highest BCUT2D eigenvalue weighted by Crippen LogP contribution is 2.35. The SMILES string of the molecule is C[C@](N)(C#N)COc1cccc(O[C@@H]2CCCCO2)c1Br. The summed E-state index contributed by atoms with van der Waals surface area (Å²) in [6.45, 7) is 2.45. The zero-order chi connectivity index (χ0) is 15.3. The lowest BCUT2D eigenvalue weighted by molar-refractivity contribution is -0.106. The van der Waals surface area contributed by atoms with E-state index < -0.39 is 5.54 Å². The number of benzene rings is 1. The van der Waals surface area contributed by atoms with Crippen molar-refractivity contribution < 1.29 is 14.2 Å². The molecule has 2 rings (SSSR count). The monoisotopic (exact) mass is 354 g/mol. The summed E-state index contributed by atoms with van der Waals surface area (Å²) < 4.78 is 17.7. The van der Waals surface area contributed by atoms with Crippen LogP contribution >= 0.6 is 15.9 Å². The Kier molecular flexibility index (Phi) is 5.45. The Hall–Kier alpha value is -1.29. The van der Waals surface area contributed by atoms with Crippen LogP contribution in [-0.2, 0) is 4.74 Å². The van der Waals surface area contributed by atoms with Crippen molar-refractivity contribution in [3.63, 3.8) is 0 Å². The molecule has 2 N–H and O–H groups in total. The first kappa shape index (κ1) is 16.1. The van der Waals surface area contributed by atoms with Crippen molar-refractivity contribution in [1.82, 2.24) is 0 Å². The van der Waals surface area contributed by atoms with Crippen LogP contribution in [0.25, 0.3) is 0 Å². The Morgan fingerprint density at radius 3 is 2.90 bits per heavy atom. The number of ether oxygens (including phenoxy) is 3. The minimum Gasteiger partial charge on any atom is -0.489 e. The summed E-state index contributed by atoms with van der Waals surface area (Å²) in [6.07, 6.45) is 2.84. The van der Waals surface area contributed by atoms with E-state index in [1.54, 1.807) is 13.0 Å². The quantitative estimate of drug-likeness (QED) is 0.879. The first-order chi connectivity index (χ1) is 10.0. The third kappa shape index (κ3) is 4.60. The average Bonchev–Trinajstić information content (AvgIpc) is 2.49. The minimum atomic E-state index is -1.03. The van der Waals surface area contributed by atoms with Gasteiger partial charge in [-0.1, -0.05) is 6.07 Å². The van der Waals surface area contributed by atoms with E-state index in [0.717, 1.165) is 25.9 Å². The van der Waals surface area contributed by atoms with Gasteiger partial charge in [-0.05, 0) is 47.8 Å². The summed E-state index contributed by atoms with van der Waals surface area (Å²) in [5.74, 6) is 1.25. The molecule has 6 heteroatoms. The fraction of sp³-hybridized carbons (Fsp3) is 0.533. The number of nitrogens with two attached hydrogens (primary N) is 1. The molecule has 0 bridgehead atoms. The molecule has 1 aliphatic rings. The van der Waals surface area contributed by atoms with Crippen LogP contribution in [0.3, 0.4) is 0 Å². The van der Waals surface area contributed by atoms with E-state index in [9.17, 15) is 0 Å². The molecule has 1 fully saturated rings. The summed E-state index contributed by atoms with van der Waals surface area (Å²) >= 11 is 3.47. The van der Waals surface area contributed by atoms with Gasteiger partial charge in [0.2, 0.25) is 0 Å². The highest BCUT2D eigenvalue weighted by Gasteiger charge is 2.21. The third-order valence-electron chi connectivity index (χ3n) is 3.11. The van der Waals surface area contributed by atoms with Crippen molar-refractivity contribution in [2.75, 3.05) is 13.2 Å². The molecule has 1 aromatic rings. The van der Waals surface area contributed by atoms with Crippen LogP contribution in [0.1, 0.15) is 26.2 Å². The lowest BCUT2D eigenvalue weighted by atomic mass is 10.1. The molecule has 5 nitrogen and oxygen atoms in total. The molecule has 114 valence electrons. The predicted octanol–water partition coefficient (Wildman–Crippen LogP) is 2.97. The van der Waals surface area contributed by atoms with E-state index in [0.29, 0.717) is 16.0 Å². The molecule has 0 aliphatic carbocycles. The lowest BCUT2D eigenvalue weighted by Crippen LogP contribution is -2.40. The van der Waals surface area contributed by atoms with Crippen molar-refractivity contribution in [2.45, 2.75) is 38.0 Å². The van der Waals surface area contributed by atoms with Crippen molar-refractivity contribution in [3.8, 4) is 17.6 Å². The Balaban J connectivity index is 2.03. The van der Waals surface area contributed by atoms with E-state index in [2.05, 4.69) is 15.9 Å². The topological polar surface area (TPSA) is 77.5 Å². The number of nitrogens with zero attached hydrogens (tertiary/aromatic N) is 1. The molecule has 0 amide bonds. The van der Waals surface area contributed by atoms with Gasteiger partial charge in [0.15, 0.2) is 6.29 Å². The molecule has 0 spiro atoms. The maximum absolute atomic E-state index is 8.90. The Morgan fingerprint density at radius 1 is 1.48 bits per heavy atom. The van der Waals surface area contributed by atoms with E-state index in [1.807, 2.05) is 18.2 Å². The van der Waals surface area contributed by atoms with E-state index in [1.165, 1.54) is 0 Å². The summed E-state index contributed by atoms with van der Waals surface area (Å²) in [5, 5.41) is 8.90. The van der Waals surface area contributed by atoms with E-state index >= 15 is 0 Å². The van der Waals surface area contributed by atoms with Crippen LogP contribution in [-0.4, -0.2) is 25.0 Å². The maximum Gasteiger partial charge on any atom is 0.199 e. The van der Waals surface area contributed by atoms with E-state index in [-0.39, 0.29) is 12.9 Å². The second-order valence-electron chi connectivity index (χ2n) is 5.30. The van der Waals surface area contributed by atoms with Gasteiger partial charge in [-0.25, -0.2) is 0 Å². The molecule has 1 saturated heterocycles. The first-order valence-electron chi connectivity index (χ1n) is 6.91. The zero-order valence-corrected chi connectivity index (χ0v) is 13.6. The Labute approximate surface area is 133 Å². The molecule has 2 atom stereocenters. The van der Waals surface area contributed by atoms with Crippen molar-refractivity contribution in [1.29, 1.82) is 5.26 Å². The van der Waals surface area contributed by atoms with Crippen LogP contribution in [0.4, 0.5) is 0 Å². The number of halogens is 1. The smallest absolute Gasteiger partial charge is 0.199 e. The molecule has 0 saturated carbocycles. The number of hydrogen-bond donors (Lipinski definition) is 1. The van der Waals surface area contributed by atoms with Crippen LogP contribution < -0.4 is 15.2 Å². The van der Waals surface area contributed by atoms with Gasteiger partial charge in [-0.2, -0.15) is 5.26 Å². The fourth-order valence-electron chi connectivity index (χ4n) is 1.90. The standard InChI is InChI=1S/C15H19BrN2O3/c1-15(18,9-17)10-20-11-5-4-6-12(14(11)16)21-13-7-2-3-8-19-13/h4-6,13H,2-3,7-8,10,18H2,1H3/t13-,15+/m1/s1. The summed E-state index contributed by atoms with van der Waals surface area (Å²) in [6, 6.07) is 7.48. The highest BCUT2D eigenvalue weighted by molar-refractivity contribution is 9.10. The number of rotatable bonds is 5. The third-order valence-corrected chi connectivity index (χ3v) is 3.89. The molecular weight excluding hydrogens is 336 g/mol. The molecule has 1 aliphatic heterocycles. The van der Waals surface area contributed by atoms with Crippen molar-refractivity contribution in [3.05, 3.63) is 22.7 Å². The molecule has 1 heterocycles. The second-order valence-corrected chi connectivity index (χ2v) is 6.09. The van der Waals surface area contributed by atoms with Gasteiger partial charge in [0.05, 0.1) is 12.7 Å². The van der Waals surface area contributed by atoms with Crippen molar-refractivity contribution in [2.24, 2.45) is 5.73 Å². The number of hydrogen-bond acceptors (Lipinski definition) is 5. The van der Waals surface area contributed by atoms with Gasteiger partial charge in [0, 0.05) is 6.42 Å². The minimum absolute atomic E-state index is 0.103. The van der Waals surface area contributed by atoms with Gasteiger partial charge in [-0.15, -0.1) is 0 Å². The van der Waals surface area contributed by atoms with Crippen LogP contribution in [0.15, 0.2) is 22.7 Å². The fourth-order valence-corrected chi connectivity index (χ4v) is 2.37. The Bertz CT molecular complexity index is 522. The molecule has 0 radical (unpaired) electrons. The molecule has 21 heavy (non-hydrogen) atoms.